The van der Waals surface area contributed by atoms with Crippen molar-refractivity contribution in [1.82, 2.24) is 14.2 Å². The highest BCUT2D eigenvalue weighted by Crippen LogP contribution is 2.32. The van der Waals surface area contributed by atoms with Gasteiger partial charge in [0.15, 0.2) is 0 Å². The van der Waals surface area contributed by atoms with Crippen molar-refractivity contribution in [2.45, 2.75) is 58.4 Å². The predicted molar refractivity (Wildman–Crippen MR) is 142 cm³/mol. The molecule has 0 amide bonds. The third-order valence-electron chi connectivity index (χ3n) is 6.91. The van der Waals surface area contributed by atoms with E-state index in [0.717, 1.165) is 46.5 Å². The van der Waals surface area contributed by atoms with Gasteiger partial charge in [-0.15, -0.1) is 0 Å². The average molecular weight is 517 g/mol. The standard InChI is InChI=1S/C28H29BrN4O/c1-19-15-23(20(2)32(19)18-21-9-5-3-6-10-21)17-30-33-27(22-11-7-4-8-12-22)31-26-14-13-24(29)16-25(26)28(33)34/h3,5-6,9-10,13-17,22H,4,7-8,11-12,18H2,1-2H3. The van der Waals surface area contributed by atoms with Crippen LogP contribution >= 0.6 is 15.9 Å². The fourth-order valence-corrected chi connectivity index (χ4v) is 5.35. The van der Waals surface area contributed by atoms with Crippen molar-refractivity contribution in [2.75, 3.05) is 0 Å². The van der Waals surface area contributed by atoms with Crippen molar-refractivity contribution in [3.05, 3.63) is 97.8 Å². The highest BCUT2D eigenvalue weighted by Gasteiger charge is 2.22. The quantitative estimate of drug-likeness (QED) is 0.282. The molecule has 0 bridgehead atoms. The normalized spacial score (nSPS) is 14.9. The second-order valence-electron chi connectivity index (χ2n) is 9.23. The van der Waals surface area contributed by atoms with Crippen molar-refractivity contribution in [3.63, 3.8) is 0 Å². The van der Waals surface area contributed by atoms with Crippen LogP contribution in [0.3, 0.4) is 0 Å². The molecule has 1 aliphatic carbocycles. The molecule has 5 rings (SSSR count). The Kier molecular flexibility index (Phi) is 6.50. The van der Waals surface area contributed by atoms with Gasteiger partial charge in [0, 0.05) is 33.9 Å². The molecule has 2 heterocycles. The molecule has 0 saturated heterocycles. The summed E-state index contributed by atoms with van der Waals surface area (Å²) in [5, 5.41) is 5.33. The van der Waals surface area contributed by atoms with E-state index in [4.69, 9.17) is 10.1 Å². The molecule has 34 heavy (non-hydrogen) atoms. The van der Waals surface area contributed by atoms with Crippen LogP contribution in [0.15, 0.2) is 69.0 Å². The molecule has 0 N–H and O–H groups in total. The summed E-state index contributed by atoms with van der Waals surface area (Å²) in [5.41, 5.74) is 5.21. The van der Waals surface area contributed by atoms with E-state index in [1.54, 1.807) is 4.68 Å². The topological polar surface area (TPSA) is 52.2 Å². The lowest BCUT2D eigenvalue weighted by molar-refractivity contribution is 0.416. The number of hydrogen-bond acceptors (Lipinski definition) is 3. The highest BCUT2D eigenvalue weighted by atomic mass is 79.9. The van der Waals surface area contributed by atoms with Crippen LogP contribution in [0.25, 0.3) is 10.9 Å². The molecule has 6 heteroatoms. The Bertz CT molecular complexity index is 1410. The van der Waals surface area contributed by atoms with Gasteiger partial charge in [0.05, 0.1) is 17.1 Å². The fourth-order valence-electron chi connectivity index (χ4n) is 4.99. The summed E-state index contributed by atoms with van der Waals surface area (Å²) in [7, 11) is 0. The summed E-state index contributed by atoms with van der Waals surface area (Å²) in [6, 6.07) is 18.3. The molecule has 1 saturated carbocycles. The molecule has 0 aliphatic heterocycles. The lowest BCUT2D eigenvalue weighted by Crippen LogP contribution is -2.25. The maximum absolute atomic E-state index is 13.5. The third kappa shape index (κ3) is 4.51. The van der Waals surface area contributed by atoms with E-state index in [1.165, 1.54) is 30.5 Å². The number of aromatic nitrogens is 3. The number of nitrogens with zero attached hydrogens (tertiary/aromatic N) is 4. The van der Waals surface area contributed by atoms with Crippen LogP contribution in [0.4, 0.5) is 0 Å². The monoisotopic (exact) mass is 516 g/mol. The minimum absolute atomic E-state index is 0.110. The molecule has 2 aromatic heterocycles. The molecule has 0 atom stereocenters. The molecular formula is C28H29BrN4O. The third-order valence-corrected chi connectivity index (χ3v) is 7.41. The minimum atomic E-state index is -0.110. The Morgan fingerprint density at radius 2 is 1.82 bits per heavy atom. The van der Waals surface area contributed by atoms with Gasteiger partial charge >= 0.3 is 0 Å². The lowest BCUT2D eigenvalue weighted by atomic mass is 9.88. The number of benzene rings is 2. The molecule has 174 valence electrons. The molecule has 2 aromatic carbocycles. The van der Waals surface area contributed by atoms with Gasteiger partial charge in [-0.3, -0.25) is 4.79 Å². The van der Waals surface area contributed by atoms with Crippen LogP contribution in [-0.2, 0) is 6.54 Å². The number of hydrogen-bond donors (Lipinski definition) is 0. The zero-order valence-electron chi connectivity index (χ0n) is 19.7. The molecule has 5 nitrogen and oxygen atoms in total. The van der Waals surface area contributed by atoms with Crippen molar-refractivity contribution in [1.29, 1.82) is 0 Å². The molecule has 1 fully saturated rings. The van der Waals surface area contributed by atoms with Gasteiger partial charge in [0.2, 0.25) is 0 Å². The average Bonchev–Trinajstić information content (AvgIpc) is 3.12. The Hall–Kier alpha value is -2.99. The Morgan fingerprint density at radius 1 is 1.06 bits per heavy atom. The van der Waals surface area contributed by atoms with Crippen LogP contribution in [0.5, 0.6) is 0 Å². The lowest BCUT2D eigenvalue weighted by Gasteiger charge is -2.22. The number of rotatable bonds is 5. The Morgan fingerprint density at radius 3 is 2.59 bits per heavy atom. The fraction of sp³-hybridized carbons (Fsp3) is 0.321. The smallest absolute Gasteiger partial charge is 0.282 e. The highest BCUT2D eigenvalue weighted by molar-refractivity contribution is 9.10. The van der Waals surface area contributed by atoms with Gasteiger partial charge < -0.3 is 4.57 Å². The van der Waals surface area contributed by atoms with Crippen molar-refractivity contribution in [3.8, 4) is 0 Å². The van der Waals surface area contributed by atoms with Crippen LogP contribution in [-0.4, -0.2) is 20.4 Å². The van der Waals surface area contributed by atoms with E-state index < -0.39 is 0 Å². The van der Waals surface area contributed by atoms with E-state index in [0.29, 0.717) is 5.39 Å². The zero-order valence-corrected chi connectivity index (χ0v) is 21.3. The first kappa shape index (κ1) is 22.8. The molecular weight excluding hydrogens is 488 g/mol. The SMILES string of the molecule is Cc1cc(C=Nn2c(C3CCCCC3)nc3ccc(Br)cc3c2=O)c(C)n1Cc1ccccc1. The van der Waals surface area contributed by atoms with Gasteiger partial charge in [0.25, 0.3) is 5.56 Å². The van der Waals surface area contributed by atoms with Crippen LogP contribution in [0, 0.1) is 13.8 Å². The summed E-state index contributed by atoms with van der Waals surface area (Å²) in [6.45, 7) is 5.03. The second kappa shape index (κ2) is 9.71. The maximum atomic E-state index is 13.5. The van der Waals surface area contributed by atoms with Crippen molar-refractivity contribution < 1.29 is 0 Å². The molecule has 0 unspecified atom stereocenters. The summed E-state index contributed by atoms with van der Waals surface area (Å²) in [6.07, 6.45) is 7.51. The number of aryl methyl sites for hydroxylation is 1. The van der Waals surface area contributed by atoms with Crippen LogP contribution in [0.1, 0.15) is 66.4 Å². The number of halogens is 1. The summed E-state index contributed by atoms with van der Waals surface area (Å²) >= 11 is 3.49. The van der Waals surface area contributed by atoms with Gasteiger partial charge in [-0.05, 0) is 56.5 Å². The molecule has 4 aromatic rings. The first-order valence-corrected chi connectivity index (χ1v) is 12.8. The molecule has 0 radical (unpaired) electrons. The van der Waals surface area contributed by atoms with E-state index in [9.17, 15) is 4.79 Å². The van der Waals surface area contributed by atoms with Gasteiger partial charge in [-0.1, -0.05) is 65.5 Å². The summed E-state index contributed by atoms with van der Waals surface area (Å²) in [5.74, 6) is 1.05. The molecule has 1 aliphatic rings. The second-order valence-corrected chi connectivity index (χ2v) is 10.1. The van der Waals surface area contributed by atoms with Crippen LogP contribution < -0.4 is 5.56 Å². The van der Waals surface area contributed by atoms with Crippen molar-refractivity contribution in [2.24, 2.45) is 5.10 Å². The van der Waals surface area contributed by atoms with Crippen LogP contribution in [0.2, 0.25) is 0 Å². The molecule has 0 spiro atoms. The first-order valence-electron chi connectivity index (χ1n) is 12.0. The summed E-state index contributed by atoms with van der Waals surface area (Å²) < 4.78 is 4.70. The van der Waals surface area contributed by atoms with E-state index in [1.807, 2.05) is 30.5 Å². The van der Waals surface area contributed by atoms with E-state index >= 15 is 0 Å². The van der Waals surface area contributed by atoms with Gasteiger partial charge in [-0.2, -0.15) is 9.78 Å². The number of fused-ring (bicyclic) bond motifs is 1. The maximum Gasteiger partial charge on any atom is 0.282 e. The van der Waals surface area contributed by atoms with Gasteiger partial charge in [-0.25, -0.2) is 4.98 Å². The Balaban J connectivity index is 1.57. The van der Waals surface area contributed by atoms with Gasteiger partial charge in [0.1, 0.15) is 5.82 Å². The van der Waals surface area contributed by atoms with Crippen molar-refractivity contribution >= 4 is 33.0 Å². The zero-order chi connectivity index (χ0) is 23.7. The Labute approximate surface area is 208 Å². The first-order chi connectivity index (χ1) is 16.5. The van der Waals surface area contributed by atoms with E-state index in [-0.39, 0.29) is 11.5 Å². The predicted octanol–water partition coefficient (Wildman–Crippen LogP) is 6.56. The minimum Gasteiger partial charge on any atom is -0.344 e. The largest absolute Gasteiger partial charge is 0.344 e. The summed E-state index contributed by atoms with van der Waals surface area (Å²) in [4.78, 5) is 18.5. The van der Waals surface area contributed by atoms with E-state index in [2.05, 4.69) is 64.7 Å².